The van der Waals surface area contributed by atoms with E-state index >= 15 is 0 Å². The van der Waals surface area contributed by atoms with E-state index in [1.54, 1.807) is 26.0 Å². The number of hydrogen-bond donors (Lipinski definition) is 0. The lowest BCUT2D eigenvalue weighted by Crippen LogP contribution is -2.36. The Labute approximate surface area is 111 Å². The van der Waals surface area contributed by atoms with Crippen LogP contribution in [0.4, 0.5) is 0 Å². The average molecular weight is 297 g/mol. The lowest BCUT2D eigenvalue weighted by molar-refractivity contribution is -0.127. The lowest BCUT2D eigenvalue weighted by atomic mass is 9.76. The van der Waals surface area contributed by atoms with E-state index in [0.717, 1.165) is 4.47 Å². The number of ketones is 2. The van der Waals surface area contributed by atoms with Crippen LogP contribution in [0.3, 0.4) is 0 Å². The molecular formula is C14H17BrO2. The van der Waals surface area contributed by atoms with Gasteiger partial charge in [-0.1, -0.05) is 41.9 Å². The van der Waals surface area contributed by atoms with Crippen molar-refractivity contribution in [3.05, 3.63) is 34.3 Å². The van der Waals surface area contributed by atoms with Crippen molar-refractivity contribution < 1.29 is 9.59 Å². The molecule has 17 heavy (non-hydrogen) atoms. The Hall–Kier alpha value is -0.960. The molecular weight excluding hydrogens is 280 g/mol. The van der Waals surface area contributed by atoms with Crippen LogP contribution in [0.2, 0.25) is 0 Å². The van der Waals surface area contributed by atoms with Gasteiger partial charge in [0.1, 0.15) is 5.78 Å². The van der Waals surface area contributed by atoms with Gasteiger partial charge in [-0.25, -0.2) is 0 Å². The summed E-state index contributed by atoms with van der Waals surface area (Å²) < 4.78 is 0.919. The van der Waals surface area contributed by atoms with Crippen molar-refractivity contribution in [3.63, 3.8) is 0 Å². The molecule has 0 saturated carbocycles. The quantitative estimate of drug-likeness (QED) is 0.624. The number of carbonyl (C=O) groups is 2. The molecule has 0 saturated heterocycles. The van der Waals surface area contributed by atoms with E-state index in [2.05, 4.69) is 15.9 Å². The number of rotatable bonds is 4. The molecule has 1 aromatic carbocycles. The van der Waals surface area contributed by atoms with Gasteiger partial charge in [0, 0.05) is 16.0 Å². The molecule has 0 atom stereocenters. The first-order valence-electron chi connectivity index (χ1n) is 5.61. The van der Waals surface area contributed by atoms with Crippen LogP contribution in [0, 0.1) is 11.3 Å². The molecule has 0 bridgehead atoms. The van der Waals surface area contributed by atoms with Gasteiger partial charge in [0.15, 0.2) is 5.78 Å². The first-order chi connectivity index (χ1) is 7.76. The minimum atomic E-state index is -0.956. The lowest BCUT2D eigenvalue weighted by Gasteiger charge is -2.23. The third kappa shape index (κ3) is 3.03. The fourth-order valence-corrected chi connectivity index (χ4v) is 2.06. The normalized spacial score (nSPS) is 11.6. The Balaban J connectivity index is 3.04. The van der Waals surface area contributed by atoms with E-state index < -0.39 is 5.41 Å². The smallest absolute Gasteiger partial charge is 0.175 e. The van der Waals surface area contributed by atoms with Gasteiger partial charge in [0.25, 0.3) is 0 Å². The number of carbonyl (C=O) groups excluding carboxylic acids is 2. The van der Waals surface area contributed by atoms with E-state index in [-0.39, 0.29) is 17.5 Å². The minimum absolute atomic E-state index is 0.0228. The van der Waals surface area contributed by atoms with Crippen molar-refractivity contribution in [2.75, 3.05) is 0 Å². The maximum Gasteiger partial charge on any atom is 0.175 e. The van der Waals surface area contributed by atoms with Crippen molar-refractivity contribution in [2.24, 2.45) is 11.3 Å². The third-order valence-electron chi connectivity index (χ3n) is 2.81. The molecule has 1 rings (SSSR count). The van der Waals surface area contributed by atoms with Gasteiger partial charge >= 0.3 is 0 Å². The van der Waals surface area contributed by atoms with Crippen molar-refractivity contribution in [2.45, 2.75) is 27.7 Å². The van der Waals surface area contributed by atoms with Crippen molar-refractivity contribution in [1.29, 1.82) is 0 Å². The first-order valence-corrected chi connectivity index (χ1v) is 6.40. The first kappa shape index (κ1) is 14.1. The Morgan fingerprint density at radius 3 is 2.00 bits per heavy atom. The van der Waals surface area contributed by atoms with Crippen LogP contribution in [0.15, 0.2) is 28.7 Å². The van der Waals surface area contributed by atoms with Crippen LogP contribution in [-0.2, 0) is 4.79 Å². The standard InChI is InChI=1S/C14H17BrO2/c1-9(2)12(16)14(3,4)13(17)10-5-7-11(15)8-6-10/h5-9H,1-4H3. The molecule has 92 valence electrons. The molecule has 0 N–H and O–H groups in total. The topological polar surface area (TPSA) is 34.1 Å². The summed E-state index contributed by atoms with van der Waals surface area (Å²) in [6, 6.07) is 7.09. The molecule has 2 nitrogen and oxygen atoms in total. The highest BCUT2D eigenvalue weighted by Gasteiger charge is 2.37. The number of benzene rings is 1. The Kier molecular flexibility index (Phi) is 4.26. The number of Topliss-reactive ketones (excluding diaryl/α,β-unsaturated/α-hetero) is 2. The highest BCUT2D eigenvalue weighted by atomic mass is 79.9. The molecule has 0 spiro atoms. The van der Waals surface area contributed by atoms with Crippen molar-refractivity contribution in [1.82, 2.24) is 0 Å². The van der Waals surface area contributed by atoms with Gasteiger partial charge in [0.05, 0.1) is 5.41 Å². The van der Waals surface area contributed by atoms with Gasteiger partial charge in [-0.15, -0.1) is 0 Å². The predicted octanol–water partition coefficient (Wildman–Crippen LogP) is 3.88. The van der Waals surface area contributed by atoms with Gasteiger partial charge < -0.3 is 0 Å². The molecule has 0 amide bonds. The molecule has 0 aliphatic carbocycles. The summed E-state index contributed by atoms with van der Waals surface area (Å²) in [5, 5.41) is 0. The largest absolute Gasteiger partial charge is 0.298 e. The summed E-state index contributed by atoms with van der Waals surface area (Å²) in [6.45, 7) is 7.03. The highest BCUT2D eigenvalue weighted by Crippen LogP contribution is 2.27. The molecule has 0 unspecified atom stereocenters. The van der Waals surface area contributed by atoms with E-state index in [1.807, 2.05) is 26.0 Å². The number of hydrogen-bond acceptors (Lipinski definition) is 2. The maximum atomic E-state index is 12.3. The molecule has 0 aliphatic rings. The maximum absolute atomic E-state index is 12.3. The second-order valence-corrected chi connectivity index (χ2v) is 5.90. The van der Waals surface area contributed by atoms with Crippen molar-refractivity contribution in [3.8, 4) is 0 Å². The predicted molar refractivity (Wildman–Crippen MR) is 72.1 cm³/mol. The zero-order valence-corrected chi connectivity index (χ0v) is 12.2. The molecule has 0 radical (unpaired) electrons. The van der Waals surface area contributed by atoms with Gasteiger partial charge in [-0.05, 0) is 26.0 Å². The summed E-state index contributed by atoms with van der Waals surface area (Å²) >= 11 is 3.32. The molecule has 3 heteroatoms. The second-order valence-electron chi connectivity index (χ2n) is 4.98. The molecule has 1 aromatic rings. The van der Waals surface area contributed by atoms with Crippen molar-refractivity contribution >= 4 is 27.5 Å². The molecule has 0 fully saturated rings. The highest BCUT2D eigenvalue weighted by molar-refractivity contribution is 9.10. The van der Waals surface area contributed by atoms with Gasteiger partial charge in [-0.2, -0.15) is 0 Å². The van der Waals surface area contributed by atoms with Crippen LogP contribution in [-0.4, -0.2) is 11.6 Å². The van der Waals surface area contributed by atoms with E-state index in [0.29, 0.717) is 5.56 Å². The summed E-state index contributed by atoms with van der Waals surface area (Å²) in [6.07, 6.45) is 0. The van der Waals surface area contributed by atoms with Crippen LogP contribution in [0.5, 0.6) is 0 Å². The van der Waals surface area contributed by atoms with E-state index in [1.165, 1.54) is 0 Å². The van der Waals surface area contributed by atoms with Crippen LogP contribution >= 0.6 is 15.9 Å². The molecule has 0 aliphatic heterocycles. The minimum Gasteiger partial charge on any atom is -0.298 e. The summed E-state index contributed by atoms with van der Waals surface area (Å²) in [7, 11) is 0. The SMILES string of the molecule is CC(C)C(=O)C(C)(C)C(=O)c1ccc(Br)cc1. The van der Waals surface area contributed by atoms with Gasteiger partial charge in [-0.3, -0.25) is 9.59 Å². The summed E-state index contributed by atoms with van der Waals surface area (Å²) in [5.41, 5.74) is -0.380. The summed E-state index contributed by atoms with van der Waals surface area (Å²) in [4.78, 5) is 24.3. The molecule has 0 heterocycles. The Morgan fingerprint density at radius 2 is 1.59 bits per heavy atom. The average Bonchev–Trinajstić information content (AvgIpc) is 2.27. The fourth-order valence-electron chi connectivity index (χ4n) is 1.80. The van der Waals surface area contributed by atoms with Crippen LogP contribution in [0.25, 0.3) is 0 Å². The molecule has 0 aromatic heterocycles. The van der Waals surface area contributed by atoms with Crippen LogP contribution < -0.4 is 0 Å². The second kappa shape index (κ2) is 5.13. The Morgan fingerprint density at radius 1 is 1.12 bits per heavy atom. The number of halogens is 1. The van der Waals surface area contributed by atoms with E-state index in [4.69, 9.17) is 0 Å². The third-order valence-corrected chi connectivity index (χ3v) is 3.34. The zero-order valence-electron chi connectivity index (χ0n) is 10.6. The summed E-state index contributed by atoms with van der Waals surface area (Å²) in [5.74, 6) is -0.279. The van der Waals surface area contributed by atoms with Crippen LogP contribution in [0.1, 0.15) is 38.1 Å². The Bertz CT molecular complexity index is 430. The monoisotopic (exact) mass is 296 g/mol. The zero-order chi connectivity index (χ0) is 13.2. The van der Waals surface area contributed by atoms with E-state index in [9.17, 15) is 9.59 Å². The van der Waals surface area contributed by atoms with Gasteiger partial charge in [0.2, 0.25) is 0 Å². The fraction of sp³-hybridized carbons (Fsp3) is 0.429.